The Morgan fingerprint density at radius 2 is 2.22 bits per heavy atom. The number of unbranched alkanes of at least 4 members (excludes halogenated alkanes) is 1. The van der Waals surface area contributed by atoms with Crippen molar-refractivity contribution in [1.82, 2.24) is 0 Å². The summed E-state index contributed by atoms with van der Waals surface area (Å²) in [7, 11) is -3.45. The second-order valence-corrected chi connectivity index (χ2v) is 6.72. The van der Waals surface area contributed by atoms with Gasteiger partial charge in [-0.15, -0.1) is 0 Å². The number of rotatable bonds is 4. The van der Waals surface area contributed by atoms with Gasteiger partial charge in [-0.25, -0.2) is 9.18 Å². The summed E-state index contributed by atoms with van der Waals surface area (Å²) in [4.78, 5) is 12.1. The van der Waals surface area contributed by atoms with Crippen molar-refractivity contribution in [2.75, 3.05) is 24.3 Å². The number of hydrogen-bond donors (Lipinski definition) is 1. The standard InChI is InChI=1S/C15H16FNO5S/c1-23(20,21)22-8-4-2-3-5-11-9-12-6-7-17(15(18)19)14(12)10-13(11)16/h9-10H,2,4,6-8H2,1H3,(H,18,19). The fraction of sp³-hybridized carbons (Fsp3) is 0.400. The zero-order chi connectivity index (χ0) is 17.0. The summed E-state index contributed by atoms with van der Waals surface area (Å²) in [6.07, 6.45) is 1.18. The van der Waals surface area contributed by atoms with Gasteiger partial charge in [0.2, 0.25) is 0 Å². The Labute approximate surface area is 134 Å². The van der Waals surface area contributed by atoms with E-state index in [0.717, 1.165) is 16.7 Å². The van der Waals surface area contributed by atoms with Crippen LogP contribution in [0.5, 0.6) is 0 Å². The molecule has 0 aliphatic carbocycles. The van der Waals surface area contributed by atoms with E-state index in [1.807, 2.05) is 0 Å². The summed E-state index contributed by atoms with van der Waals surface area (Å²) in [5.41, 5.74) is 1.32. The highest BCUT2D eigenvalue weighted by Crippen LogP contribution is 2.30. The summed E-state index contributed by atoms with van der Waals surface area (Å²) in [5, 5.41) is 9.02. The van der Waals surface area contributed by atoms with Crippen LogP contribution in [-0.4, -0.2) is 39.0 Å². The first-order valence-electron chi connectivity index (χ1n) is 6.94. The molecule has 0 bridgehead atoms. The van der Waals surface area contributed by atoms with Crippen LogP contribution < -0.4 is 4.90 Å². The fourth-order valence-corrected chi connectivity index (χ4v) is 2.66. The maximum absolute atomic E-state index is 14.0. The topological polar surface area (TPSA) is 83.9 Å². The second-order valence-electron chi connectivity index (χ2n) is 5.08. The lowest BCUT2D eigenvalue weighted by Crippen LogP contribution is -2.26. The van der Waals surface area contributed by atoms with Crippen molar-refractivity contribution < 1.29 is 26.9 Å². The van der Waals surface area contributed by atoms with E-state index in [-0.39, 0.29) is 12.2 Å². The van der Waals surface area contributed by atoms with Crippen LogP contribution in [0.3, 0.4) is 0 Å². The molecular weight excluding hydrogens is 325 g/mol. The minimum Gasteiger partial charge on any atom is -0.465 e. The van der Waals surface area contributed by atoms with Gasteiger partial charge in [0.05, 0.1) is 24.1 Å². The molecule has 23 heavy (non-hydrogen) atoms. The predicted molar refractivity (Wildman–Crippen MR) is 82.4 cm³/mol. The van der Waals surface area contributed by atoms with Crippen molar-refractivity contribution in [3.8, 4) is 11.8 Å². The first-order chi connectivity index (χ1) is 10.8. The summed E-state index contributed by atoms with van der Waals surface area (Å²) >= 11 is 0. The quantitative estimate of drug-likeness (QED) is 0.514. The summed E-state index contributed by atoms with van der Waals surface area (Å²) < 4.78 is 40.1. The third-order valence-corrected chi connectivity index (χ3v) is 3.86. The van der Waals surface area contributed by atoms with Crippen LogP contribution in [-0.2, 0) is 20.7 Å². The van der Waals surface area contributed by atoms with E-state index < -0.39 is 22.0 Å². The maximum Gasteiger partial charge on any atom is 0.411 e. The Morgan fingerprint density at radius 1 is 1.48 bits per heavy atom. The first kappa shape index (κ1) is 17.2. The van der Waals surface area contributed by atoms with Crippen molar-refractivity contribution in [2.24, 2.45) is 0 Å². The smallest absolute Gasteiger partial charge is 0.411 e. The molecule has 2 rings (SSSR count). The van der Waals surface area contributed by atoms with Gasteiger partial charge in [0, 0.05) is 13.0 Å². The Bertz CT molecular complexity index is 779. The van der Waals surface area contributed by atoms with Crippen LogP contribution in [0.25, 0.3) is 0 Å². The summed E-state index contributed by atoms with van der Waals surface area (Å²) in [5.74, 6) is 4.88. The molecule has 0 spiro atoms. The number of hydrogen-bond acceptors (Lipinski definition) is 4. The van der Waals surface area contributed by atoms with Gasteiger partial charge in [0.25, 0.3) is 10.1 Å². The third kappa shape index (κ3) is 4.68. The number of carbonyl (C=O) groups is 1. The zero-order valence-corrected chi connectivity index (χ0v) is 13.3. The van der Waals surface area contributed by atoms with Gasteiger partial charge in [-0.3, -0.25) is 9.08 Å². The van der Waals surface area contributed by atoms with Crippen LogP contribution in [0, 0.1) is 17.7 Å². The van der Waals surface area contributed by atoms with Crippen molar-refractivity contribution in [3.63, 3.8) is 0 Å². The number of halogens is 1. The van der Waals surface area contributed by atoms with Gasteiger partial charge in [-0.05, 0) is 30.5 Å². The van der Waals surface area contributed by atoms with Gasteiger partial charge in [-0.2, -0.15) is 8.42 Å². The van der Waals surface area contributed by atoms with Crippen LogP contribution in [0.15, 0.2) is 12.1 Å². The average molecular weight is 341 g/mol. The Morgan fingerprint density at radius 3 is 2.87 bits per heavy atom. The largest absolute Gasteiger partial charge is 0.465 e. The molecule has 0 radical (unpaired) electrons. The number of nitrogens with zero attached hydrogens (tertiary/aromatic N) is 1. The molecule has 0 fully saturated rings. The van der Waals surface area contributed by atoms with Crippen LogP contribution in [0.4, 0.5) is 14.9 Å². The summed E-state index contributed by atoms with van der Waals surface area (Å²) in [6, 6.07) is 2.75. The second kappa shape index (κ2) is 6.98. The van der Waals surface area contributed by atoms with Crippen molar-refractivity contribution in [2.45, 2.75) is 19.3 Å². The van der Waals surface area contributed by atoms with Gasteiger partial charge in [-0.1, -0.05) is 11.8 Å². The number of benzene rings is 1. The third-order valence-electron chi connectivity index (χ3n) is 3.26. The van der Waals surface area contributed by atoms with Crippen molar-refractivity contribution in [3.05, 3.63) is 29.1 Å². The van der Waals surface area contributed by atoms with Crippen LogP contribution in [0.2, 0.25) is 0 Å². The molecule has 6 nitrogen and oxygen atoms in total. The number of carboxylic acid groups (broad SMARTS) is 1. The monoisotopic (exact) mass is 341 g/mol. The normalized spacial score (nSPS) is 13.4. The highest BCUT2D eigenvalue weighted by molar-refractivity contribution is 7.85. The molecular formula is C15H16FNO5S. The summed E-state index contributed by atoms with van der Waals surface area (Å²) in [6.45, 7) is 0.345. The SMILES string of the molecule is CS(=O)(=O)OCCCC#Cc1cc2c(cc1F)N(C(=O)O)CC2. The lowest BCUT2D eigenvalue weighted by molar-refractivity contribution is 0.202. The molecule has 0 aromatic heterocycles. The van der Waals surface area contributed by atoms with E-state index in [2.05, 4.69) is 16.0 Å². The highest BCUT2D eigenvalue weighted by atomic mass is 32.2. The van der Waals surface area contributed by atoms with Crippen LogP contribution >= 0.6 is 0 Å². The average Bonchev–Trinajstić information content (AvgIpc) is 2.84. The van der Waals surface area contributed by atoms with Crippen molar-refractivity contribution >= 4 is 21.9 Å². The Kier molecular flexibility index (Phi) is 5.23. The molecule has 0 unspecified atom stereocenters. The Balaban J connectivity index is 2.00. The number of anilines is 1. The van der Waals surface area contributed by atoms with E-state index in [4.69, 9.17) is 5.11 Å². The number of amides is 1. The molecule has 1 aromatic rings. The molecule has 1 N–H and O–H groups in total. The Hall–Kier alpha value is -2.11. The van der Waals surface area contributed by atoms with Gasteiger partial charge < -0.3 is 5.11 Å². The molecule has 124 valence electrons. The molecule has 1 amide bonds. The van der Waals surface area contributed by atoms with Gasteiger partial charge >= 0.3 is 6.09 Å². The molecule has 0 saturated heterocycles. The lowest BCUT2D eigenvalue weighted by Gasteiger charge is -2.12. The molecule has 1 aliphatic heterocycles. The highest BCUT2D eigenvalue weighted by Gasteiger charge is 2.25. The van der Waals surface area contributed by atoms with Crippen molar-refractivity contribution in [1.29, 1.82) is 0 Å². The molecule has 8 heteroatoms. The lowest BCUT2D eigenvalue weighted by atomic mass is 10.1. The van der Waals surface area contributed by atoms with E-state index in [1.54, 1.807) is 6.07 Å². The van der Waals surface area contributed by atoms with E-state index in [9.17, 15) is 17.6 Å². The van der Waals surface area contributed by atoms with Gasteiger partial charge in [0.15, 0.2) is 0 Å². The predicted octanol–water partition coefficient (Wildman–Crippen LogP) is 1.97. The molecule has 0 atom stereocenters. The van der Waals surface area contributed by atoms with Gasteiger partial charge in [0.1, 0.15) is 5.82 Å². The van der Waals surface area contributed by atoms with E-state index in [0.29, 0.717) is 31.5 Å². The molecule has 1 heterocycles. The fourth-order valence-electron chi connectivity index (χ4n) is 2.23. The number of fused-ring (bicyclic) bond motifs is 1. The molecule has 0 saturated carbocycles. The van der Waals surface area contributed by atoms with Crippen LogP contribution in [0.1, 0.15) is 24.0 Å². The molecule has 1 aliphatic rings. The first-order valence-corrected chi connectivity index (χ1v) is 8.76. The van der Waals surface area contributed by atoms with E-state index >= 15 is 0 Å². The molecule has 1 aromatic carbocycles. The van der Waals surface area contributed by atoms with E-state index in [1.165, 1.54) is 6.07 Å². The maximum atomic E-state index is 14.0. The zero-order valence-electron chi connectivity index (χ0n) is 12.5. The minimum absolute atomic E-state index is 0.0355. The minimum atomic E-state index is -3.45.